The molecule has 0 aromatic heterocycles. The molecule has 4 heteroatoms. The molecule has 2 N–H and O–H groups in total. The summed E-state index contributed by atoms with van der Waals surface area (Å²) in [6, 6.07) is 5.64. The number of aliphatic hydroxyl groups excluding tert-OH is 1. The molecule has 0 heterocycles. The van der Waals surface area contributed by atoms with Gasteiger partial charge in [0.25, 0.3) is 0 Å². The summed E-state index contributed by atoms with van der Waals surface area (Å²) in [6.45, 7) is 2.54. The van der Waals surface area contributed by atoms with Crippen LogP contribution in [0.3, 0.4) is 0 Å². The maximum atomic E-state index is 8.83. The lowest BCUT2D eigenvalue weighted by Gasteiger charge is -2.14. The van der Waals surface area contributed by atoms with Gasteiger partial charge < -0.3 is 19.9 Å². The zero-order valence-electron chi connectivity index (χ0n) is 10.5. The van der Waals surface area contributed by atoms with E-state index in [1.54, 1.807) is 14.2 Å². The van der Waals surface area contributed by atoms with Crippen LogP contribution in [0, 0.1) is 0 Å². The van der Waals surface area contributed by atoms with E-state index in [0.29, 0.717) is 6.54 Å². The van der Waals surface area contributed by atoms with Gasteiger partial charge in [0.15, 0.2) is 0 Å². The van der Waals surface area contributed by atoms with Crippen molar-refractivity contribution in [2.75, 3.05) is 27.4 Å². The molecule has 17 heavy (non-hydrogen) atoms. The maximum Gasteiger partial charge on any atom is 0.131 e. The van der Waals surface area contributed by atoms with E-state index in [0.717, 1.165) is 22.8 Å². The van der Waals surface area contributed by atoms with Crippen LogP contribution in [-0.4, -0.2) is 32.5 Å². The van der Waals surface area contributed by atoms with Gasteiger partial charge in [-0.05, 0) is 19.1 Å². The second-order valence-corrected chi connectivity index (χ2v) is 3.42. The standard InChI is InChI=1S/C13H19NO3/c1-4-12(14-7-8-15)11-6-5-10(16-2)9-13(11)17-3/h4-6,9,14-15H,7-8H2,1-3H3/b12-4-. The van der Waals surface area contributed by atoms with E-state index in [-0.39, 0.29) is 6.61 Å². The molecule has 1 aromatic carbocycles. The average molecular weight is 237 g/mol. The van der Waals surface area contributed by atoms with Crippen molar-refractivity contribution in [3.63, 3.8) is 0 Å². The quantitative estimate of drug-likeness (QED) is 0.790. The molecule has 0 saturated carbocycles. The van der Waals surface area contributed by atoms with Crippen molar-refractivity contribution in [2.45, 2.75) is 6.92 Å². The minimum atomic E-state index is 0.0931. The van der Waals surface area contributed by atoms with Crippen molar-refractivity contribution in [3.8, 4) is 11.5 Å². The highest BCUT2D eigenvalue weighted by Gasteiger charge is 2.08. The zero-order chi connectivity index (χ0) is 12.7. The summed E-state index contributed by atoms with van der Waals surface area (Å²) in [5, 5.41) is 12.0. The number of benzene rings is 1. The molecular weight excluding hydrogens is 218 g/mol. The van der Waals surface area contributed by atoms with Crippen LogP contribution in [0.15, 0.2) is 24.3 Å². The fourth-order valence-corrected chi connectivity index (χ4v) is 1.56. The van der Waals surface area contributed by atoms with Crippen LogP contribution >= 0.6 is 0 Å². The van der Waals surface area contributed by atoms with Crippen LogP contribution in [0.2, 0.25) is 0 Å². The Kier molecular flexibility index (Phi) is 5.36. The van der Waals surface area contributed by atoms with E-state index >= 15 is 0 Å². The van der Waals surface area contributed by atoms with Gasteiger partial charge in [-0.2, -0.15) is 0 Å². The zero-order valence-corrected chi connectivity index (χ0v) is 10.5. The van der Waals surface area contributed by atoms with Gasteiger partial charge in [0, 0.05) is 23.9 Å². The normalized spacial score (nSPS) is 11.2. The Balaban J connectivity index is 3.02. The largest absolute Gasteiger partial charge is 0.497 e. The molecule has 4 nitrogen and oxygen atoms in total. The molecule has 0 aliphatic rings. The predicted molar refractivity (Wildman–Crippen MR) is 68.3 cm³/mol. The number of methoxy groups -OCH3 is 2. The molecule has 0 atom stereocenters. The molecule has 94 valence electrons. The monoisotopic (exact) mass is 237 g/mol. The minimum Gasteiger partial charge on any atom is -0.497 e. The third-order valence-corrected chi connectivity index (χ3v) is 2.41. The fraction of sp³-hybridized carbons (Fsp3) is 0.385. The van der Waals surface area contributed by atoms with E-state index in [2.05, 4.69) is 5.32 Å². The topological polar surface area (TPSA) is 50.7 Å². The summed E-state index contributed by atoms with van der Waals surface area (Å²) in [5.41, 5.74) is 1.88. The molecule has 0 bridgehead atoms. The first kappa shape index (κ1) is 13.4. The summed E-state index contributed by atoms with van der Waals surface area (Å²) < 4.78 is 10.5. The number of allylic oxidation sites excluding steroid dienone is 1. The van der Waals surface area contributed by atoms with Gasteiger partial charge >= 0.3 is 0 Å². The van der Waals surface area contributed by atoms with Crippen LogP contribution in [0.1, 0.15) is 12.5 Å². The number of nitrogens with one attached hydrogen (secondary N) is 1. The second kappa shape index (κ2) is 6.81. The molecule has 0 fully saturated rings. The van der Waals surface area contributed by atoms with Gasteiger partial charge in [-0.1, -0.05) is 6.08 Å². The Hall–Kier alpha value is -1.68. The third kappa shape index (κ3) is 3.39. The molecule has 0 spiro atoms. The molecule has 0 radical (unpaired) electrons. The number of rotatable bonds is 6. The first-order valence-corrected chi connectivity index (χ1v) is 5.50. The van der Waals surface area contributed by atoms with E-state index in [4.69, 9.17) is 14.6 Å². The van der Waals surface area contributed by atoms with Gasteiger partial charge in [0.1, 0.15) is 11.5 Å². The van der Waals surface area contributed by atoms with Crippen LogP contribution in [0.25, 0.3) is 5.70 Å². The van der Waals surface area contributed by atoms with Crippen molar-refractivity contribution in [1.29, 1.82) is 0 Å². The van der Waals surface area contributed by atoms with Crippen molar-refractivity contribution >= 4 is 5.70 Å². The summed E-state index contributed by atoms with van der Waals surface area (Å²) in [4.78, 5) is 0. The van der Waals surface area contributed by atoms with Crippen LogP contribution in [0.4, 0.5) is 0 Å². The first-order valence-electron chi connectivity index (χ1n) is 5.50. The summed E-state index contributed by atoms with van der Waals surface area (Å²) in [6.07, 6.45) is 1.94. The molecule has 0 amide bonds. The van der Waals surface area contributed by atoms with E-state index in [9.17, 15) is 0 Å². The Morgan fingerprint density at radius 3 is 2.65 bits per heavy atom. The van der Waals surface area contributed by atoms with Gasteiger partial charge in [-0.3, -0.25) is 0 Å². The second-order valence-electron chi connectivity index (χ2n) is 3.42. The molecule has 0 unspecified atom stereocenters. The van der Waals surface area contributed by atoms with E-state index in [1.165, 1.54) is 0 Å². The highest BCUT2D eigenvalue weighted by molar-refractivity contribution is 5.69. The average Bonchev–Trinajstić information content (AvgIpc) is 2.39. The fourth-order valence-electron chi connectivity index (χ4n) is 1.56. The van der Waals surface area contributed by atoms with Crippen molar-refractivity contribution in [2.24, 2.45) is 0 Å². The Morgan fingerprint density at radius 1 is 1.35 bits per heavy atom. The summed E-state index contributed by atoms with van der Waals surface area (Å²) in [7, 11) is 3.24. The van der Waals surface area contributed by atoms with Crippen LogP contribution in [0.5, 0.6) is 11.5 Å². The first-order chi connectivity index (χ1) is 8.26. The van der Waals surface area contributed by atoms with E-state index in [1.807, 2.05) is 31.2 Å². The van der Waals surface area contributed by atoms with Gasteiger partial charge in [0.05, 0.1) is 20.8 Å². The lowest BCUT2D eigenvalue weighted by Crippen LogP contribution is -2.17. The lowest BCUT2D eigenvalue weighted by molar-refractivity contribution is 0.299. The van der Waals surface area contributed by atoms with Crippen molar-refractivity contribution in [3.05, 3.63) is 29.8 Å². The van der Waals surface area contributed by atoms with Crippen LogP contribution < -0.4 is 14.8 Å². The van der Waals surface area contributed by atoms with Crippen molar-refractivity contribution < 1.29 is 14.6 Å². The highest BCUT2D eigenvalue weighted by atomic mass is 16.5. The highest BCUT2D eigenvalue weighted by Crippen LogP contribution is 2.28. The Morgan fingerprint density at radius 2 is 2.12 bits per heavy atom. The summed E-state index contributed by atoms with van der Waals surface area (Å²) in [5.74, 6) is 1.49. The van der Waals surface area contributed by atoms with E-state index < -0.39 is 0 Å². The van der Waals surface area contributed by atoms with Crippen LogP contribution in [-0.2, 0) is 0 Å². The predicted octanol–water partition coefficient (Wildman–Crippen LogP) is 1.65. The molecule has 0 aliphatic carbocycles. The van der Waals surface area contributed by atoms with Gasteiger partial charge in [-0.15, -0.1) is 0 Å². The molecule has 1 aromatic rings. The minimum absolute atomic E-state index is 0.0931. The third-order valence-electron chi connectivity index (χ3n) is 2.41. The SMILES string of the molecule is C/C=C(\NCCO)c1ccc(OC)cc1OC. The molecule has 0 saturated heterocycles. The Bertz CT molecular complexity index is 388. The number of hydrogen-bond donors (Lipinski definition) is 2. The van der Waals surface area contributed by atoms with Gasteiger partial charge in [0.2, 0.25) is 0 Å². The number of hydrogen-bond acceptors (Lipinski definition) is 4. The molecule has 0 aliphatic heterocycles. The Labute approximate surface area is 102 Å². The summed E-state index contributed by atoms with van der Waals surface area (Å²) >= 11 is 0. The smallest absolute Gasteiger partial charge is 0.131 e. The lowest BCUT2D eigenvalue weighted by atomic mass is 10.1. The number of ether oxygens (including phenoxy) is 2. The van der Waals surface area contributed by atoms with Gasteiger partial charge in [-0.25, -0.2) is 0 Å². The molecular formula is C13H19NO3. The number of aliphatic hydroxyl groups is 1. The maximum absolute atomic E-state index is 8.83. The van der Waals surface area contributed by atoms with Crippen molar-refractivity contribution in [1.82, 2.24) is 5.32 Å². The molecule has 1 rings (SSSR count).